The molecule has 0 N–H and O–H groups in total. The summed E-state index contributed by atoms with van der Waals surface area (Å²) in [6.07, 6.45) is 0. The van der Waals surface area contributed by atoms with Crippen molar-refractivity contribution in [2.24, 2.45) is 0 Å². The summed E-state index contributed by atoms with van der Waals surface area (Å²) in [4.78, 5) is 32.3. The van der Waals surface area contributed by atoms with E-state index in [0.717, 1.165) is 0 Å². The van der Waals surface area contributed by atoms with Crippen LogP contribution < -0.4 is 10.3 Å². The number of methoxy groups -OCH3 is 1. The lowest BCUT2D eigenvalue weighted by molar-refractivity contribution is -0.127. The third-order valence-electron chi connectivity index (χ3n) is 5.12. The predicted molar refractivity (Wildman–Crippen MR) is 127 cm³/mol. The van der Waals surface area contributed by atoms with E-state index in [1.807, 2.05) is 6.07 Å². The van der Waals surface area contributed by atoms with Crippen LogP contribution >= 0.6 is 11.8 Å². The molecule has 8 heteroatoms. The summed E-state index contributed by atoms with van der Waals surface area (Å²) >= 11 is 1.18. The van der Waals surface area contributed by atoms with Crippen molar-refractivity contribution in [2.75, 3.05) is 19.9 Å². The first kappa shape index (κ1) is 22.5. The van der Waals surface area contributed by atoms with Crippen molar-refractivity contribution in [3.63, 3.8) is 0 Å². The molecule has 0 unspecified atom stereocenters. The molecular formula is C25H22FN3O3S. The highest BCUT2D eigenvalue weighted by Gasteiger charge is 2.17. The smallest absolute Gasteiger partial charge is 0.266 e. The number of para-hydroxylation sites is 1. The molecule has 6 nitrogen and oxygen atoms in total. The minimum atomic E-state index is -0.342. The van der Waals surface area contributed by atoms with Gasteiger partial charge in [-0.15, -0.1) is 0 Å². The Bertz CT molecular complexity index is 1370. The number of nitrogens with zero attached hydrogens (tertiary/aromatic N) is 3. The van der Waals surface area contributed by atoms with Crippen molar-refractivity contribution in [2.45, 2.75) is 11.7 Å². The van der Waals surface area contributed by atoms with Crippen LogP contribution in [0.1, 0.15) is 5.56 Å². The second-order valence-electron chi connectivity index (χ2n) is 7.42. The molecular weight excluding hydrogens is 441 g/mol. The fourth-order valence-electron chi connectivity index (χ4n) is 3.42. The van der Waals surface area contributed by atoms with Crippen LogP contribution in [-0.2, 0) is 11.3 Å². The number of hydrogen-bond donors (Lipinski definition) is 0. The van der Waals surface area contributed by atoms with Crippen molar-refractivity contribution in [3.05, 3.63) is 94.5 Å². The van der Waals surface area contributed by atoms with Crippen LogP contribution in [0, 0.1) is 5.82 Å². The van der Waals surface area contributed by atoms with E-state index in [0.29, 0.717) is 33.1 Å². The van der Waals surface area contributed by atoms with Crippen LogP contribution in [-0.4, -0.2) is 40.3 Å². The van der Waals surface area contributed by atoms with Gasteiger partial charge in [-0.3, -0.25) is 14.2 Å². The summed E-state index contributed by atoms with van der Waals surface area (Å²) in [5.41, 5.74) is 1.63. The van der Waals surface area contributed by atoms with Crippen molar-refractivity contribution < 1.29 is 13.9 Å². The number of rotatable bonds is 7. The van der Waals surface area contributed by atoms with E-state index in [-0.39, 0.29) is 29.6 Å². The molecule has 0 aliphatic heterocycles. The molecule has 0 radical (unpaired) electrons. The largest absolute Gasteiger partial charge is 0.497 e. The lowest BCUT2D eigenvalue weighted by Crippen LogP contribution is -2.28. The summed E-state index contributed by atoms with van der Waals surface area (Å²) in [6.45, 7) is 0.283. The first-order valence-corrected chi connectivity index (χ1v) is 11.2. The van der Waals surface area contributed by atoms with E-state index in [9.17, 15) is 14.0 Å². The Morgan fingerprint density at radius 3 is 2.67 bits per heavy atom. The second kappa shape index (κ2) is 9.87. The number of amides is 1. The van der Waals surface area contributed by atoms with Gasteiger partial charge < -0.3 is 9.64 Å². The first-order valence-electron chi connectivity index (χ1n) is 10.2. The van der Waals surface area contributed by atoms with Gasteiger partial charge in [-0.25, -0.2) is 9.37 Å². The highest BCUT2D eigenvalue weighted by Crippen LogP contribution is 2.24. The maximum atomic E-state index is 13.5. The van der Waals surface area contributed by atoms with E-state index >= 15 is 0 Å². The highest BCUT2D eigenvalue weighted by molar-refractivity contribution is 7.99. The van der Waals surface area contributed by atoms with Gasteiger partial charge in [0.1, 0.15) is 11.6 Å². The summed E-state index contributed by atoms with van der Waals surface area (Å²) in [5.74, 6) is 0.171. The fourth-order valence-corrected chi connectivity index (χ4v) is 4.37. The van der Waals surface area contributed by atoms with Gasteiger partial charge >= 0.3 is 0 Å². The Hall–Kier alpha value is -3.65. The number of fused-ring (bicyclic) bond motifs is 1. The Morgan fingerprint density at radius 1 is 1.09 bits per heavy atom. The average molecular weight is 464 g/mol. The average Bonchev–Trinajstić information content (AvgIpc) is 2.82. The number of benzene rings is 3. The van der Waals surface area contributed by atoms with E-state index in [1.165, 1.54) is 33.4 Å². The van der Waals surface area contributed by atoms with E-state index in [2.05, 4.69) is 4.98 Å². The van der Waals surface area contributed by atoms with Crippen molar-refractivity contribution in [1.29, 1.82) is 0 Å². The zero-order valence-corrected chi connectivity index (χ0v) is 19.0. The third-order valence-corrected chi connectivity index (χ3v) is 6.04. The maximum Gasteiger partial charge on any atom is 0.266 e. The monoisotopic (exact) mass is 463 g/mol. The Labute approximate surface area is 194 Å². The van der Waals surface area contributed by atoms with Crippen LogP contribution in [0.2, 0.25) is 0 Å². The molecule has 0 saturated heterocycles. The molecule has 1 amide bonds. The topological polar surface area (TPSA) is 64.4 Å². The van der Waals surface area contributed by atoms with Crippen LogP contribution in [0.15, 0.2) is 82.7 Å². The molecule has 0 saturated carbocycles. The van der Waals surface area contributed by atoms with Crippen LogP contribution in [0.3, 0.4) is 0 Å². The molecule has 1 aromatic heterocycles. The SMILES string of the molecule is COc1cccc(-n2c(SCC(=O)N(C)Cc3cccc(F)c3)nc3ccccc3c2=O)c1. The molecule has 1 heterocycles. The van der Waals surface area contributed by atoms with Gasteiger partial charge in [0.25, 0.3) is 5.56 Å². The van der Waals surface area contributed by atoms with Crippen LogP contribution in [0.4, 0.5) is 4.39 Å². The number of hydrogen-bond acceptors (Lipinski definition) is 5. The molecule has 4 aromatic rings. The van der Waals surface area contributed by atoms with Gasteiger partial charge in [0.2, 0.25) is 5.91 Å². The van der Waals surface area contributed by atoms with Gasteiger partial charge in [0, 0.05) is 19.7 Å². The molecule has 0 spiro atoms. The van der Waals surface area contributed by atoms with Crippen LogP contribution in [0.5, 0.6) is 5.75 Å². The molecule has 0 bridgehead atoms. The Balaban J connectivity index is 1.63. The van der Waals surface area contributed by atoms with E-state index < -0.39 is 0 Å². The predicted octanol–water partition coefficient (Wildman–Crippen LogP) is 4.28. The molecule has 4 rings (SSSR count). The normalized spacial score (nSPS) is 10.9. The van der Waals surface area contributed by atoms with Crippen molar-refractivity contribution in [3.8, 4) is 11.4 Å². The van der Waals surface area contributed by atoms with Gasteiger partial charge in [-0.05, 0) is 42.0 Å². The summed E-state index contributed by atoms with van der Waals surface area (Å²) in [7, 11) is 3.22. The number of halogens is 1. The third kappa shape index (κ3) is 5.06. The summed E-state index contributed by atoms with van der Waals surface area (Å²) in [6, 6.07) is 20.4. The van der Waals surface area contributed by atoms with Crippen molar-refractivity contribution in [1.82, 2.24) is 14.5 Å². The minimum Gasteiger partial charge on any atom is -0.497 e. The van der Waals surface area contributed by atoms with Crippen LogP contribution in [0.25, 0.3) is 16.6 Å². The molecule has 0 aliphatic rings. The van der Waals surface area contributed by atoms with Crippen molar-refractivity contribution >= 4 is 28.6 Å². The molecule has 3 aromatic carbocycles. The highest BCUT2D eigenvalue weighted by atomic mass is 32.2. The quantitative estimate of drug-likeness (QED) is 0.302. The standard InChI is InChI=1S/C25H22FN3O3S/c1-28(15-17-7-5-8-18(26)13-17)23(30)16-33-25-27-22-12-4-3-11-21(22)24(31)29(25)19-9-6-10-20(14-19)32-2/h3-14H,15-16H2,1-2H3. The number of aromatic nitrogens is 2. The first-order chi connectivity index (χ1) is 16.0. The second-order valence-corrected chi connectivity index (χ2v) is 8.36. The van der Waals surface area contributed by atoms with Gasteiger partial charge in [-0.1, -0.05) is 42.1 Å². The zero-order chi connectivity index (χ0) is 23.4. The fraction of sp³-hybridized carbons (Fsp3) is 0.160. The summed E-state index contributed by atoms with van der Waals surface area (Å²) in [5, 5.41) is 0.888. The molecule has 0 fully saturated rings. The number of ether oxygens (including phenoxy) is 1. The lowest BCUT2D eigenvalue weighted by atomic mass is 10.2. The summed E-state index contributed by atoms with van der Waals surface area (Å²) < 4.78 is 20.3. The molecule has 0 aliphatic carbocycles. The van der Waals surface area contributed by atoms with E-state index in [1.54, 1.807) is 68.8 Å². The molecule has 0 atom stereocenters. The van der Waals surface area contributed by atoms with Gasteiger partial charge in [0.05, 0.1) is 29.5 Å². The lowest BCUT2D eigenvalue weighted by Gasteiger charge is -2.18. The Morgan fingerprint density at radius 2 is 1.88 bits per heavy atom. The number of carbonyl (C=O) groups is 1. The maximum absolute atomic E-state index is 13.5. The van der Waals surface area contributed by atoms with Gasteiger partial charge in [-0.2, -0.15) is 0 Å². The van der Waals surface area contributed by atoms with Gasteiger partial charge in [0.15, 0.2) is 5.16 Å². The number of thioether (sulfide) groups is 1. The van der Waals surface area contributed by atoms with E-state index in [4.69, 9.17) is 4.74 Å². The minimum absolute atomic E-state index is 0.0700. The number of carbonyl (C=O) groups excluding carboxylic acids is 1. The zero-order valence-electron chi connectivity index (χ0n) is 18.2. The Kier molecular flexibility index (Phi) is 6.74. The molecule has 33 heavy (non-hydrogen) atoms. The molecule has 168 valence electrons.